The summed E-state index contributed by atoms with van der Waals surface area (Å²) in [7, 11) is 0. The van der Waals surface area contributed by atoms with Gasteiger partial charge in [-0.2, -0.15) is 5.10 Å². The molecule has 0 atom stereocenters. The quantitative estimate of drug-likeness (QED) is 0.455. The number of carbonyl (C=O) groups is 1. The molecule has 2 aromatic carbocycles. The van der Waals surface area contributed by atoms with E-state index in [1.165, 1.54) is 4.68 Å². The van der Waals surface area contributed by atoms with E-state index in [9.17, 15) is 9.59 Å². The van der Waals surface area contributed by atoms with Gasteiger partial charge in [0.2, 0.25) is 0 Å². The van der Waals surface area contributed by atoms with Crippen molar-refractivity contribution in [1.82, 2.24) is 14.8 Å². The molecule has 0 amide bonds. The molecular formula is C23H19N3O4. The van der Waals surface area contributed by atoms with Crippen LogP contribution in [0.1, 0.15) is 23.0 Å². The van der Waals surface area contributed by atoms with Gasteiger partial charge >= 0.3 is 5.97 Å². The second-order valence-corrected chi connectivity index (χ2v) is 6.49. The van der Waals surface area contributed by atoms with Gasteiger partial charge in [-0.15, -0.1) is 0 Å². The van der Waals surface area contributed by atoms with Gasteiger partial charge in [0.25, 0.3) is 5.56 Å². The molecule has 0 spiro atoms. The van der Waals surface area contributed by atoms with Crippen LogP contribution in [0.5, 0.6) is 11.5 Å². The van der Waals surface area contributed by atoms with E-state index in [4.69, 9.17) is 9.47 Å². The molecule has 0 fully saturated rings. The Morgan fingerprint density at radius 2 is 1.77 bits per heavy atom. The van der Waals surface area contributed by atoms with Crippen LogP contribution in [0.2, 0.25) is 0 Å². The van der Waals surface area contributed by atoms with Crippen LogP contribution in [-0.2, 0) is 17.9 Å². The number of hydrogen-bond acceptors (Lipinski definition) is 6. The fourth-order valence-corrected chi connectivity index (χ4v) is 3.07. The molecular weight excluding hydrogens is 382 g/mol. The van der Waals surface area contributed by atoms with E-state index in [0.29, 0.717) is 34.4 Å². The van der Waals surface area contributed by atoms with Crippen LogP contribution >= 0.6 is 0 Å². The predicted molar refractivity (Wildman–Crippen MR) is 112 cm³/mol. The van der Waals surface area contributed by atoms with Gasteiger partial charge in [0, 0.05) is 23.7 Å². The van der Waals surface area contributed by atoms with Crippen molar-refractivity contribution in [1.29, 1.82) is 0 Å². The number of fused-ring (bicyclic) bond motifs is 1. The minimum absolute atomic E-state index is 0.00345. The average molecular weight is 401 g/mol. The molecule has 0 bridgehead atoms. The van der Waals surface area contributed by atoms with Gasteiger partial charge in [-0.05, 0) is 31.2 Å². The lowest BCUT2D eigenvalue weighted by Crippen LogP contribution is -2.25. The lowest BCUT2D eigenvalue weighted by Gasteiger charge is -2.12. The summed E-state index contributed by atoms with van der Waals surface area (Å²) < 4.78 is 12.6. The molecule has 0 N–H and O–H groups in total. The number of para-hydroxylation sites is 1. The monoisotopic (exact) mass is 401 g/mol. The van der Waals surface area contributed by atoms with E-state index >= 15 is 0 Å². The van der Waals surface area contributed by atoms with Crippen molar-refractivity contribution < 1.29 is 14.3 Å². The van der Waals surface area contributed by atoms with Crippen molar-refractivity contribution in [2.45, 2.75) is 20.1 Å². The smallest absolute Gasteiger partial charge is 0.359 e. The van der Waals surface area contributed by atoms with Gasteiger partial charge in [0.15, 0.2) is 5.69 Å². The Morgan fingerprint density at radius 3 is 2.53 bits per heavy atom. The van der Waals surface area contributed by atoms with E-state index in [-0.39, 0.29) is 17.9 Å². The number of esters is 1. The maximum atomic E-state index is 12.8. The van der Waals surface area contributed by atoms with Crippen molar-refractivity contribution in [2.24, 2.45) is 0 Å². The number of nitrogens with zero attached hydrogens (tertiary/aromatic N) is 3. The molecule has 0 radical (unpaired) electrons. The molecule has 4 rings (SSSR count). The summed E-state index contributed by atoms with van der Waals surface area (Å²) in [5.74, 6) is 0.540. The number of aromatic nitrogens is 3. The second-order valence-electron chi connectivity index (χ2n) is 6.49. The maximum Gasteiger partial charge on any atom is 0.359 e. The first kappa shape index (κ1) is 19.3. The molecule has 2 heterocycles. The van der Waals surface area contributed by atoms with E-state index in [1.54, 1.807) is 61.8 Å². The van der Waals surface area contributed by atoms with Crippen LogP contribution in [0, 0.1) is 0 Å². The Labute approximate surface area is 172 Å². The molecule has 4 aromatic rings. The summed E-state index contributed by atoms with van der Waals surface area (Å²) in [5.41, 5.74) is 0.570. The summed E-state index contributed by atoms with van der Waals surface area (Å²) in [6.07, 6.45) is 3.26. The third-order valence-corrected chi connectivity index (χ3v) is 4.55. The lowest BCUT2D eigenvalue weighted by molar-refractivity contribution is 0.0463. The lowest BCUT2D eigenvalue weighted by atomic mass is 10.1. The number of aryl methyl sites for hydroxylation is 1. The molecule has 150 valence electrons. The van der Waals surface area contributed by atoms with E-state index in [0.717, 1.165) is 0 Å². The second kappa shape index (κ2) is 8.57. The minimum Gasteiger partial charge on any atom is -0.456 e. The molecule has 2 aromatic heterocycles. The van der Waals surface area contributed by atoms with Crippen molar-refractivity contribution >= 4 is 16.7 Å². The van der Waals surface area contributed by atoms with Gasteiger partial charge in [0.05, 0.1) is 11.6 Å². The fraction of sp³-hybridized carbons (Fsp3) is 0.130. The number of hydrogen-bond donors (Lipinski definition) is 0. The highest BCUT2D eigenvalue weighted by Crippen LogP contribution is 2.25. The number of pyridine rings is 1. The molecule has 30 heavy (non-hydrogen) atoms. The standard InChI is InChI=1S/C23H19N3O4/c1-2-26-22(27)19-11-5-4-10-18(19)21(25-26)23(28)29-15-16-8-3-6-12-20(16)30-17-9-7-13-24-14-17/h3-14H,2,15H2,1H3. The van der Waals surface area contributed by atoms with Crippen LogP contribution in [0.15, 0.2) is 77.9 Å². The zero-order valence-corrected chi connectivity index (χ0v) is 16.3. The van der Waals surface area contributed by atoms with Crippen molar-refractivity contribution in [3.8, 4) is 11.5 Å². The van der Waals surface area contributed by atoms with Crippen molar-refractivity contribution in [3.63, 3.8) is 0 Å². The summed E-state index contributed by atoms with van der Waals surface area (Å²) in [6.45, 7) is 2.15. The zero-order valence-electron chi connectivity index (χ0n) is 16.3. The highest BCUT2D eigenvalue weighted by atomic mass is 16.5. The topological polar surface area (TPSA) is 83.3 Å². The number of benzene rings is 2. The molecule has 7 nitrogen and oxygen atoms in total. The number of rotatable bonds is 6. The molecule has 0 saturated carbocycles. The third kappa shape index (κ3) is 3.91. The SMILES string of the molecule is CCn1nc(C(=O)OCc2ccccc2Oc2cccnc2)c2ccccc2c1=O. The molecule has 0 aliphatic carbocycles. The Hall–Kier alpha value is -4.00. The van der Waals surface area contributed by atoms with Crippen LogP contribution < -0.4 is 10.3 Å². The van der Waals surface area contributed by atoms with Gasteiger partial charge < -0.3 is 9.47 Å². The Morgan fingerprint density at radius 1 is 1.00 bits per heavy atom. The van der Waals surface area contributed by atoms with Crippen LogP contribution in [0.4, 0.5) is 0 Å². The highest BCUT2D eigenvalue weighted by molar-refractivity contribution is 6.02. The highest BCUT2D eigenvalue weighted by Gasteiger charge is 2.18. The Kier molecular flexibility index (Phi) is 5.52. The average Bonchev–Trinajstić information content (AvgIpc) is 2.79. The summed E-state index contributed by atoms with van der Waals surface area (Å²) in [5, 5.41) is 5.11. The predicted octanol–water partition coefficient (Wildman–Crippen LogP) is 3.96. The fourth-order valence-electron chi connectivity index (χ4n) is 3.07. The van der Waals surface area contributed by atoms with Gasteiger partial charge in [-0.3, -0.25) is 9.78 Å². The largest absolute Gasteiger partial charge is 0.456 e. The van der Waals surface area contributed by atoms with E-state index < -0.39 is 5.97 Å². The van der Waals surface area contributed by atoms with Crippen molar-refractivity contribution in [3.05, 3.63) is 94.7 Å². The van der Waals surface area contributed by atoms with Crippen LogP contribution in [0.25, 0.3) is 10.8 Å². The summed E-state index contributed by atoms with van der Waals surface area (Å²) in [6, 6.07) is 17.7. The first-order chi connectivity index (χ1) is 14.7. The normalized spacial score (nSPS) is 10.7. The van der Waals surface area contributed by atoms with E-state index in [1.807, 2.05) is 18.2 Å². The Balaban J connectivity index is 1.59. The minimum atomic E-state index is -0.607. The van der Waals surface area contributed by atoms with Crippen LogP contribution in [-0.4, -0.2) is 20.7 Å². The molecule has 0 aliphatic heterocycles. The van der Waals surface area contributed by atoms with Crippen molar-refractivity contribution in [2.75, 3.05) is 0 Å². The van der Waals surface area contributed by atoms with E-state index in [2.05, 4.69) is 10.1 Å². The number of ether oxygens (including phenoxy) is 2. The number of carbonyl (C=O) groups excluding carboxylic acids is 1. The first-order valence-electron chi connectivity index (χ1n) is 9.50. The van der Waals surface area contributed by atoms with Gasteiger partial charge in [0.1, 0.15) is 18.1 Å². The van der Waals surface area contributed by atoms with Gasteiger partial charge in [-0.1, -0.05) is 36.4 Å². The summed E-state index contributed by atoms with van der Waals surface area (Å²) in [4.78, 5) is 29.3. The molecule has 0 aliphatic rings. The van der Waals surface area contributed by atoms with Gasteiger partial charge in [-0.25, -0.2) is 9.48 Å². The molecule has 7 heteroatoms. The maximum absolute atomic E-state index is 12.8. The third-order valence-electron chi connectivity index (χ3n) is 4.55. The molecule has 0 saturated heterocycles. The molecule has 0 unspecified atom stereocenters. The summed E-state index contributed by atoms with van der Waals surface area (Å²) >= 11 is 0. The van der Waals surface area contributed by atoms with Crippen LogP contribution in [0.3, 0.4) is 0 Å². The zero-order chi connectivity index (χ0) is 20.9. The first-order valence-corrected chi connectivity index (χ1v) is 9.50. The Bertz CT molecular complexity index is 1250.